The fourth-order valence-electron chi connectivity index (χ4n) is 2.08. The number of nitrogens with zero attached hydrogens (tertiary/aromatic N) is 1. The van der Waals surface area contributed by atoms with Gasteiger partial charge in [-0.3, -0.25) is 0 Å². The molecule has 1 unspecified atom stereocenters. The van der Waals surface area contributed by atoms with Gasteiger partial charge in [0.15, 0.2) is 0 Å². The number of hydrogen-bond acceptors (Lipinski definition) is 4. The second-order valence-corrected chi connectivity index (χ2v) is 4.59. The van der Waals surface area contributed by atoms with Crippen molar-refractivity contribution in [3.05, 3.63) is 47.2 Å². The van der Waals surface area contributed by atoms with E-state index in [-0.39, 0.29) is 18.3 Å². The van der Waals surface area contributed by atoms with E-state index in [1.54, 1.807) is 25.1 Å². The second-order valence-electron chi connectivity index (χ2n) is 4.59. The lowest BCUT2D eigenvalue weighted by atomic mass is 10.0. The molecule has 1 heterocycles. The zero-order chi connectivity index (χ0) is 15.6. The Morgan fingerprint density at radius 3 is 2.48 bits per heavy atom. The summed E-state index contributed by atoms with van der Waals surface area (Å²) in [6, 6.07) is 4.53. The van der Waals surface area contributed by atoms with Gasteiger partial charge in [0.1, 0.15) is 5.70 Å². The molecule has 0 saturated carbocycles. The topological polar surface area (TPSA) is 41.6 Å². The number of nitrogens with one attached hydrogen (secondary N) is 1. The summed E-state index contributed by atoms with van der Waals surface area (Å²) in [7, 11) is 1.70. The van der Waals surface area contributed by atoms with Gasteiger partial charge in [-0.1, -0.05) is 12.1 Å². The Morgan fingerprint density at radius 1 is 1.33 bits per heavy atom. The maximum absolute atomic E-state index is 12.5. The number of esters is 1. The highest BCUT2D eigenvalue weighted by Gasteiger charge is 2.31. The molecule has 1 aromatic rings. The van der Waals surface area contributed by atoms with Crippen molar-refractivity contribution >= 4 is 5.97 Å². The van der Waals surface area contributed by atoms with Gasteiger partial charge in [-0.05, 0) is 30.7 Å². The minimum atomic E-state index is -4.36. The van der Waals surface area contributed by atoms with Crippen LogP contribution in [0, 0.1) is 0 Å². The predicted molar refractivity (Wildman–Crippen MR) is 69.8 cm³/mol. The van der Waals surface area contributed by atoms with Gasteiger partial charge in [0, 0.05) is 7.05 Å². The lowest BCUT2D eigenvalue weighted by Gasteiger charge is -2.20. The first-order chi connectivity index (χ1) is 9.82. The number of likely N-dealkylation sites (N-methyl/N-ethyl adjacent to an activating group) is 1. The SMILES string of the molecule is CCOC(=O)C1=CC(c2ccc(C(F)(F)F)cc2)N(C)N1. The van der Waals surface area contributed by atoms with Crippen LogP contribution in [-0.4, -0.2) is 24.6 Å². The number of benzene rings is 1. The minimum Gasteiger partial charge on any atom is -0.461 e. The molecule has 1 aliphatic rings. The van der Waals surface area contributed by atoms with E-state index in [0.29, 0.717) is 5.56 Å². The maximum Gasteiger partial charge on any atom is 0.416 e. The Morgan fingerprint density at radius 2 is 1.95 bits per heavy atom. The van der Waals surface area contributed by atoms with Crippen LogP contribution in [0.2, 0.25) is 0 Å². The van der Waals surface area contributed by atoms with Gasteiger partial charge >= 0.3 is 12.1 Å². The third kappa shape index (κ3) is 3.36. The Kier molecular flexibility index (Phi) is 4.22. The van der Waals surface area contributed by atoms with Gasteiger partial charge in [0.2, 0.25) is 0 Å². The van der Waals surface area contributed by atoms with E-state index in [1.807, 2.05) is 0 Å². The van der Waals surface area contributed by atoms with Crippen LogP contribution in [-0.2, 0) is 15.7 Å². The highest BCUT2D eigenvalue weighted by molar-refractivity contribution is 5.88. The van der Waals surface area contributed by atoms with E-state index in [0.717, 1.165) is 12.1 Å². The van der Waals surface area contributed by atoms with Crippen LogP contribution in [0.4, 0.5) is 13.2 Å². The molecule has 0 radical (unpaired) electrons. The molecule has 0 aliphatic carbocycles. The fraction of sp³-hybridized carbons (Fsp3) is 0.357. The molecule has 1 N–H and O–H groups in total. The van der Waals surface area contributed by atoms with E-state index in [2.05, 4.69) is 5.43 Å². The van der Waals surface area contributed by atoms with E-state index >= 15 is 0 Å². The predicted octanol–water partition coefficient (Wildman–Crippen LogP) is 2.64. The molecule has 1 aliphatic heterocycles. The quantitative estimate of drug-likeness (QED) is 0.871. The van der Waals surface area contributed by atoms with Crippen molar-refractivity contribution in [2.75, 3.05) is 13.7 Å². The Balaban J connectivity index is 2.20. The Hall–Kier alpha value is -2.02. The fourth-order valence-corrected chi connectivity index (χ4v) is 2.08. The summed E-state index contributed by atoms with van der Waals surface area (Å²) in [5.74, 6) is -0.487. The molecular weight excluding hydrogens is 285 g/mol. The van der Waals surface area contributed by atoms with E-state index in [4.69, 9.17) is 4.74 Å². The first-order valence-corrected chi connectivity index (χ1v) is 6.38. The molecule has 0 spiro atoms. The summed E-state index contributed by atoms with van der Waals surface area (Å²) < 4.78 is 42.5. The van der Waals surface area contributed by atoms with Crippen molar-refractivity contribution in [3.8, 4) is 0 Å². The molecule has 21 heavy (non-hydrogen) atoms. The maximum atomic E-state index is 12.5. The highest BCUT2D eigenvalue weighted by atomic mass is 19.4. The molecule has 0 aromatic heterocycles. The van der Waals surface area contributed by atoms with Crippen molar-refractivity contribution in [1.29, 1.82) is 0 Å². The third-order valence-electron chi connectivity index (χ3n) is 3.11. The molecule has 1 aromatic carbocycles. The zero-order valence-electron chi connectivity index (χ0n) is 11.6. The van der Waals surface area contributed by atoms with Crippen LogP contribution in [0.15, 0.2) is 36.0 Å². The average molecular weight is 300 g/mol. The van der Waals surface area contributed by atoms with Crippen molar-refractivity contribution in [3.63, 3.8) is 0 Å². The van der Waals surface area contributed by atoms with Gasteiger partial charge in [0.05, 0.1) is 18.2 Å². The van der Waals surface area contributed by atoms with Crippen molar-refractivity contribution in [1.82, 2.24) is 10.4 Å². The lowest BCUT2D eigenvalue weighted by Crippen LogP contribution is -2.32. The minimum absolute atomic E-state index is 0.256. The molecule has 2 rings (SSSR count). The van der Waals surface area contributed by atoms with Gasteiger partial charge in [-0.25, -0.2) is 9.80 Å². The first kappa shape index (κ1) is 15.4. The van der Waals surface area contributed by atoms with Crippen LogP contribution in [0.1, 0.15) is 24.1 Å². The summed E-state index contributed by atoms with van der Waals surface area (Å²) in [5, 5.41) is 1.63. The first-order valence-electron chi connectivity index (χ1n) is 6.38. The summed E-state index contributed by atoms with van der Waals surface area (Å²) in [4.78, 5) is 11.6. The van der Waals surface area contributed by atoms with Crippen LogP contribution in [0.5, 0.6) is 0 Å². The molecule has 7 heteroatoms. The van der Waals surface area contributed by atoms with E-state index < -0.39 is 17.7 Å². The molecule has 0 saturated heterocycles. The van der Waals surface area contributed by atoms with Crippen LogP contribution < -0.4 is 5.43 Å². The van der Waals surface area contributed by atoms with Gasteiger partial charge in [0.25, 0.3) is 0 Å². The Bertz CT molecular complexity index is 552. The number of alkyl halides is 3. The van der Waals surface area contributed by atoms with Gasteiger partial charge in [-0.2, -0.15) is 13.2 Å². The smallest absolute Gasteiger partial charge is 0.416 e. The Labute approximate surface area is 120 Å². The highest BCUT2D eigenvalue weighted by Crippen LogP contribution is 2.32. The number of hydrogen-bond donors (Lipinski definition) is 1. The van der Waals surface area contributed by atoms with Crippen LogP contribution in [0.3, 0.4) is 0 Å². The number of carbonyl (C=O) groups excluding carboxylic acids is 1. The van der Waals surface area contributed by atoms with Crippen molar-refractivity contribution < 1.29 is 22.7 Å². The number of carbonyl (C=O) groups is 1. The lowest BCUT2D eigenvalue weighted by molar-refractivity contribution is -0.139. The number of hydrazine groups is 1. The van der Waals surface area contributed by atoms with Gasteiger partial charge < -0.3 is 10.2 Å². The molecule has 114 valence electrons. The van der Waals surface area contributed by atoms with E-state index in [9.17, 15) is 18.0 Å². The third-order valence-corrected chi connectivity index (χ3v) is 3.11. The molecule has 1 atom stereocenters. The molecule has 4 nitrogen and oxygen atoms in total. The van der Waals surface area contributed by atoms with Crippen molar-refractivity contribution in [2.45, 2.75) is 19.1 Å². The average Bonchev–Trinajstić information content (AvgIpc) is 2.80. The van der Waals surface area contributed by atoms with Crippen molar-refractivity contribution in [2.24, 2.45) is 0 Å². The summed E-state index contributed by atoms with van der Waals surface area (Å²) in [6.45, 7) is 1.96. The largest absolute Gasteiger partial charge is 0.461 e. The summed E-state index contributed by atoms with van der Waals surface area (Å²) >= 11 is 0. The molecule has 0 amide bonds. The number of rotatable bonds is 3. The summed E-state index contributed by atoms with van der Waals surface area (Å²) in [6.07, 6.45) is -2.73. The normalized spacial score (nSPS) is 19.1. The van der Waals surface area contributed by atoms with Crippen LogP contribution in [0.25, 0.3) is 0 Å². The molecular formula is C14H15F3N2O2. The van der Waals surface area contributed by atoms with Gasteiger partial charge in [-0.15, -0.1) is 0 Å². The second kappa shape index (κ2) is 5.77. The van der Waals surface area contributed by atoms with Crippen LogP contribution >= 0.6 is 0 Å². The zero-order valence-corrected chi connectivity index (χ0v) is 11.6. The monoisotopic (exact) mass is 300 g/mol. The standard InChI is InChI=1S/C14H15F3N2O2/c1-3-21-13(20)11-8-12(19(2)18-11)9-4-6-10(7-5-9)14(15,16)17/h4-8,12,18H,3H2,1-2H3. The molecule has 0 bridgehead atoms. The summed E-state index contributed by atoms with van der Waals surface area (Å²) in [5.41, 5.74) is 3.06. The number of ether oxygens (including phenoxy) is 1. The number of halogens is 3. The van der Waals surface area contributed by atoms with E-state index in [1.165, 1.54) is 12.1 Å². The molecule has 0 fully saturated rings.